The molecule has 3 aliphatic rings. The average Bonchev–Trinajstić information content (AvgIpc) is 1.35. The van der Waals surface area contributed by atoms with Gasteiger partial charge in [-0.1, -0.05) is 236 Å². The molecule has 0 aromatic carbocycles. The van der Waals surface area contributed by atoms with Crippen molar-refractivity contribution in [2.24, 2.45) is 0 Å². The van der Waals surface area contributed by atoms with Gasteiger partial charge in [0.1, 0.15) is 73.2 Å². The minimum atomic E-state index is -1.98. The van der Waals surface area contributed by atoms with E-state index in [4.69, 9.17) is 28.4 Å². The van der Waals surface area contributed by atoms with E-state index in [9.17, 15) is 61.0 Å². The fraction of sp³-hybridized carbons (Fsp3) is 0.871. The Kier molecular flexibility index (Phi) is 47.4. The Morgan fingerprint density at radius 1 is 0.393 bits per heavy atom. The average molecular weight is 1270 g/mol. The van der Waals surface area contributed by atoms with E-state index < -0.39 is 124 Å². The fourth-order valence-electron chi connectivity index (χ4n) is 11.8. The summed E-state index contributed by atoms with van der Waals surface area (Å²) < 4.78 is 34.2. The molecule has 0 aromatic rings. The first kappa shape index (κ1) is 81.0. The molecule has 3 saturated heterocycles. The SMILES string of the molecule is CCC/C=C/CC/C=C/CC/C=C/C(O)C(COC1OC(CO)C(OC2OC(CO)C(OC3OC(CO)C(O)C(O)C3O)C(O)C2O)C(O)C1O)NC(=O)CCCCCCCCCCCCCCCCCCCCCCC/C=C\CCCCCCCCCC. The van der Waals surface area contributed by atoms with Crippen molar-refractivity contribution in [3.05, 3.63) is 48.6 Å². The van der Waals surface area contributed by atoms with E-state index in [1.807, 2.05) is 6.08 Å². The van der Waals surface area contributed by atoms with Gasteiger partial charge in [-0.2, -0.15) is 0 Å². The zero-order chi connectivity index (χ0) is 64.7. The van der Waals surface area contributed by atoms with Crippen LogP contribution in [-0.2, 0) is 33.2 Å². The van der Waals surface area contributed by atoms with Crippen LogP contribution in [0.4, 0.5) is 0 Å². The minimum absolute atomic E-state index is 0.234. The van der Waals surface area contributed by atoms with Gasteiger partial charge >= 0.3 is 0 Å². The van der Waals surface area contributed by atoms with Gasteiger partial charge < -0.3 is 89.9 Å². The molecule has 3 heterocycles. The molecule has 89 heavy (non-hydrogen) atoms. The molecule has 0 bridgehead atoms. The van der Waals surface area contributed by atoms with Crippen molar-refractivity contribution in [3.8, 4) is 0 Å². The molecule has 17 atom stereocenters. The van der Waals surface area contributed by atoms with Crippen molar-refractivity contribution >= 4 is 5.91 Å². The molecule has 3 fully saturated rings. The largest absolute Gasteiger partial charge is 0.394 e. The Hall–Kier alpha value is -2.25. The number of hydrogen-bond acceptors (Lipinski definition) is 18. The van der Waals surface area contributed by atoms with E-state index >= 15 is 0 Å². The Balaban J connectivity index is 1.33. The maximum atomic E-state index is 13.4. The molecule has 3 aliphatic heterocycles. The van der Waals surface area contributed by atoms with Gasteiger partial charge in [0.2, 0.25) is 5.91 Å². The normalized spacial score (nSPS) is 28.5. The summed E-state index contributed by atoms with van der Waals surface area (Å²) in [5, 5.41) is 120. The van der Waals surface area contributed by atoms with Crippen LogP contribution >= 0.6 is 0 Å². The van der Waals surface area contributed by atoms with Gasteiger partial charge in [-0.15, -0.1) is 0 Å². The number of rotatable bonds is 54. The first-order chi connectivity index (χ1) is 43.3. The first-order valence-electron chi connectivity index (χ1n) is 35.4. The second-order valence-corrected chi connectivity index (χ2v) is 25.3. The van der Waals surface area contributed by atoms with Crippen molar-refractivity contribution < 1.29 is 89.4 Å². The van der Waals surface area contributed by atoms with Crippen LogP contribution in [0.15, 0.2) is 48.6 Å². The standard InChI is InChI=1S/C70H127NO18/c1-3-5-7-9-11-13-15-16-17-18-19-20-21-22-23-24-25-26-27-28-29-30-31-32-33-34-35-36-38-40-42-44-46-48-58(76)71-53(54(75)47-45-43-41-39-37-14-12-10-8-6-4-2)52-84-68-64(82)61(79)66(56(50-73)86-68)89-70-65(83)62(80)67(57(51-74)87-70)88-69-63(81)60(78)59(77)55(49-72)85-69/h8,10,18-19,37,39,45,47,53-57,59-70,72-75,77-83H,3-7,9,11-17,20-36,38,40-44,46,48-52H2,1-2H3,(H,71,76)/b10-8+,19-18-,39-37+,47-45+. The lowest BCUT2D eigenvalue weighted by Crippen LogP contribution is -2.66. The number of carbonyl (C=O) groups is 1. The lowest BCUT2D eigenvalue weighted by Gasteiger charge is -2.48. The van der Waals surface area contributed by atoms with Crippen molar-refractivity contribution in [2.45, 2.75) is 362 Å². The van der Waals surface area contributed by atoms with Crippen LogP contribution in [0.25, 0.3) is 0 Å². The zero-order valence-electron chi connectivity index (χ0n) is 54.9. The molecule has 1 amide bonds. The summed E-state index contributed by atoms with van der Waals surface area (Å²) >= 11 is 0. The van der Waals surface area contributed by atoms with E-state index in [2.05, 4.69) is 55.6 Å². The van der Waals surface area contributed by atoms with Gasteiger partial charge in [-0.25, -0.2) is 0 Å². The third kappa shape index (κ3) is 34.1. The summed E-state index contributed by atoms with van der Waals surface area (Å²) in [4.78, 5) is 13.4. The molecule has 0 aliphatic carbocycles. The molecular weight excluding hydrogens is 1140 g/mol. The van der Waals surface area contributed by atoms with Gasteiger partial charge in [0.15, 0.2) is 18.9 Å². The third-order valence-electron chi connectivity index (χ3n) is 17.6. The van der Waals surface area contributed by atoms with Gasteiger partial charge in [-0.05, 0) is 64.2 Å². The number of carbonyl (C=O) groups excluding carboxylic acids is 1. The number of aliphatic hydroxyl groups is 11. The Labute approximate surface area is 535 Å². The van der Waals surface area contributed by atoms with Crippen molar-refractivity contribution in [3.63, 3.8) is 0 Å². The summed E-state index contributed by atoms with van der Waals surface area (Å²) in [5.41, 5.74) is 0. The molecule has 0 saturated carbocycles. The summed E-state index contributed by atoms with van der Waals surface area (Å²) in [5.74, 6) is -0.289. The maximum Gasteiger partial charge on any atom is 0.220 e. The summed E-state index contributed by atoms with van der Waals surface area (Å²) in [6, 6.07) is -0.994. The van der Waals surface area contributed by atoms with E-state index in [0.717, 1.165) is 51.4 Å². The molecule has 0 spiro atoms. The Morgan fingerprint density at radius 3 is 1.17 bits per heavy atom. The molecule has 17 unspecified atom stereocenters. The number of allylic oxidation sites excluding steroid dienone is 7. The van der Waals surface area contributed by atoms with Crippen LogP contribution in [0.3, 0.4) is 0 Å². The smallest absolute Gasteiger partial charge is 0.220 e. The molecule has 12 N–H and O–H groups in total. The molecule has 19 nitrogen and oxygen atoms in total. The minimum Gasteiger partial charge on any atom is -0.394 e. The predicted octanol–water partition coefficient (Wildman–Crippen LogP) is 9.39. The second kappa shape index (κ2) is 52.1. The van der Waals surface area contributed by atoms with Crippen LogP contribution in [-0.4, -0.2) is 193 Å². The number of amides is 1. The van der Waals surface area contributed by atoms with Crippen LogP contribution in [0.1, 0.15) is 258 Å². The highest BCUT2D eigenvalue weighted by atomic mass is 16.8. The Bertz CT molecular complexity index is 1800. The topological polar surface area (TPSA) is 307 Å². The number of nitrogens with one attached hydrogen (secondary N) is 1. The second-order valence-electron chi connectivity index (χ2n) is 25.3. The van der Waals surface area contributed by atoms with Gasteiger partial charge in [-0.3, -0.25) is 4.79 Å². The van der Waals surface area contributed by atoms with Crippen LogP contribution < -0.4 is 5.32 Å². The van der Waals surface area contributed by atoms with E-state index in [1.165, 1.54) is 173 Å². The number of hydrogen-bond donors (Lipinski definition) is 12. The number of ether oxygens (including phenoxy) is 6. The highest BCUT2D eigenvalue weighted by Crippen LogP contribution is 2.33. The van der Waals surface area contributed by atoms with Gasteiger partial charge in [0.05, 0.1) is 38.6 Å². The first-order valence-corrected chi connectivity index (χ1v) is 35.4. The Morgan fingerprint density at radius 2 is 0.742 bits per heavy atom. The predicted molar refractivity (Wildman–Crippen MR) is 346 cm³/mol. The number of unbranched alkanes of at least 4 members (excludes halogenated alkanes) is 32. The van der Waals surface area contributed by atoms with E-state index in [1.54, 1.807) is 6.08 Å². The molecule has 520 valence electrons. The summed E-state index contributed by atoms with van der Waals surface area (Å²) in [6.07, 6.45) is 35.7. The third-order valence-corrected chi connectivity index (χ3v) is 17.6. The van der Waals surface area contributed by atoms with Gasteiger partial charge in [0, 0.05) is 6.42 Å². The lowest BCUT2D eigenvalue weighted by atomic mass is 9.96. The van der Waals surface area contributed by atoms with Crippen molar-refractivity contribution in [2.75, 3.05) is 26.4 Å². The maximum absolute atomic E-state index is 13.4. The van der Waals surface area contributed by atoms with E-state index in [-0.39, 0.29) is 18.9 Å². The van der Waals surface area contributed by atoms with Crippen LogP contribution in [0, 0.1) is 0 Å². The quantitative estimate of drug-likeness (QED) is 0.0199. The molecule has 0 radical (unpaired) electrons. The van der Waals surface area contributed by atoms with Crippen molar-refractivity contribution in [1.82, 2.24) is 5.32 Å². The lowest BCUT2D eigenvalue weighted by molar-refractivity contribution is -0.379. The zero-order valence-corrected chi connectivity index (χ0v) is 54.9. The monoisotopic (exact) mass is 1270 g/mol. The molecule has 3 rings (SSSR count). The number of aliphatic hydroxyl groups excluding tert-OH is 11. The van der Waals surface area contributed by atoms with E-state index in [0.29, 0.717) is 12.8 Å². The fourth-order valence-corrected chi connectivity index (χ4v) is 11.8. The highest BCUT2D eigenvalue weighted by molar-refractivity contribution is 5.76. The summed E-state index contributed by atoms with van der Waals surface area (Å²) in [6.45, 7) is 1.63. The summed E-state index contributed by atoms with van der Waals surface area (Å²) in [7, 11) is 0. The van der Waals surface area contributed by atoms with Crippen LogP contribution in [0.5, 0.6) is 0 Å². The van der Waals surface area contributed by atoms with Crippen molar-refractivity contribution in [1.29, 1.82) is 0 Å². The molecular formula is C70H127NO18. The van der Waals surface area contributed by atoms with Gasteiger partial charge in [0.25, 0.3) is 0 Å². The highest BCUT2D eigenvalue weighted by Gasteiger charge is 2.53. The molecule has 19 heteroatoms. The van der Waals surface area contributed by atoms with Crippen LogP contribution in [0.2, 0.25) is 0 Å². The molecule has 0 aromatic heterocycles.